The van der Waals surface area contributed by atoms with E-state index in [1.165, 1.54) is 11.1 Å². The zero-order chi connectivity index (χ0) is 14.1. The molecule has 19 heavy (non-hydrogen) atoms. The van der Waals surface area contributed by atoms with Gasteiger partial charge < -0.3 is 21.5 Å². The van der Waals surface area contributed by atoms with E-state index < -0.39 is 0 Å². The van der Waals surface area contributed by atoms with E-state index in [9.17, 15) is 0 Å². The number of nitrogens with two attached hydrogens (primary N) is 1. The Morgan fingerprint density at radius 1 is 1.58 bits per heavy atom. The van der Waals surface area contributed by atoms with Crippen molar-refractivity contribution in [3.05, 3.63) is 35.2 Å². The third-order valence-electron chi connectivity index (χ3n) is 3.26. The molecule has 5 N–H and O–H groups in total. The molecule has 1 aliphatic rings. The number of nitrogens with one attached hydrogen (secondary N) is 2. The number of aliphatic hydroxyl groups is 1. The second-order valence-electron chi connectivity index (χ2n) is 4.98. The molecule has 0 saturated heterocycles. The average Bonchev–Trinajstić information content (AvgIpc) is 2.40. The normalized spacial score (nSPS) is 17.4. The molecule has 0 spiro atoms. The third-order valence-corrected chi connectivity index (χ3v) is 3.26. The summed E-state index contributed by atoms with van der Waals surface area (Å²) >= 11 is 0. The fraction of sp³-hybridized carbons (Fsp3) is 0.600. The second-order valence-corrected chi connectivity index (χ2v) is 4.98. The lowest BCUT2D eigenvalue weighted by Gasteiger charge is -2.19. The van der Waals surface area contributed by atoms with Gasteiger partial charge in [-0.25, -0.2) is 0 Å². The topological polar surface area (TPSA) is 70.3 Å². The zero-order valence-electron chi connectivity index (χ0n) is 12.1. The van der Waals surface area contributed by atoms with E-state index in [4.69, 9.17) is 10.8 Å². The summed E-state index contributed by atoms with van der Waals surface area (Å²) in [6.07, 6.45) is 9.13. The summed E-state index contributed by atoms with van der Waals surface area (Å²) < 4.78 is 0. The lowest BCUT2D eigenvalue weighted by Crippen LogP contribution is -2.27. The van der Waals surface area contributed by atoms with E-state index in [1.54, 1.807) is 0 Å². The van der Waals surface area contributed by atoms with E-state index in [1.807, 2.05) is 12.4 Å². The molecule has 108 valence electrons. The van der Waals surface area contributed by atoms with Crippen LogP contribution in [0.15, 0.2) is 35.2 Å². The predicted octanol–water partition coefficient (Wildman–Crippen LogP) is 1.40. The van der Waals surface area contributed by atoms with Crippen molar-refractivity contribution in [2.45, 2.75) is 39.2 Å². The Labute approximate surface area is 116 Å². The maximum atomic E-state index is 9.05. The van der Waals surface area contributed by atoms with E-state index in [0.717, 1.165) is 31.4 Å². The van der Waals surface area contributed by atoms with E-state index >= 15 is 0 Å². The molecule has 0 radical (unpaired) electrons. The highest BCUT2D eigenvalue weighted by atomic mass is 16.3. The van der Waals surface area contributed by atoms with Crippen molar-refractivity contribution in [3.63, 3.8) is 0 Å². The summed E-state index contributed by atoms with van der Waals surface area (Å²) in [5.74, 6) is 0. The molecular weight excluding hydrogens is 238 g/mol. The maximum Gasteiger partial charge on any atom is 0.0450 e. The van der Waals surface area contributed by atoms with Crippen LogP contribution < -0.4 is 16.4 Å². The largest absolute Gasteiger partial charge is 0.396 e. The number of hydrogen-bond donors (Lipinski definition) is 4. The van der Waals surface area contributed by atoms with Gasteiger partial charge in [0, 0.05) is 31.9 Å². The first-order chi connectivity index (χ1) is 9.21. The second kappa shape index (κ2) is 8.77. The van der Waals surface area contributed by atoms with Crippen LogP contribution in [0.2, 0.25) is 0 Å². The zero-order valence-corrected chi connectivity index (χ0v) is 12.1. The van der Waals surface area contributed by atoms with Crippen LogP contribution in [0.25, 0.3) is 0 Å². The van der Waals surface area contributed by atoms with Crippen LogP contribution >= 0.6 is 0 Å². The Balaban J connectivity index is 2.67. The molecule has 0 aliphatic carbocycles. The van der Waals surface area contributed by atoms with E-state index in [2.05, 4.69) is 30.6 Å². The molecule has 0 bridgehead atoms. The first kappa shape index (κ1) is 15.8. The molecule has 4 heteroatoms. The lowest BCUT2D eigenvalue weighted by molar-refractivity contribution is 0.265. The third kappa shape index (κ3) is 5.49. The average molecular weight is 265 g/mol. The Morgan fingerprint density at radius 3 is 2.95 bits per heavy atom. The summed E-state index contributed by atoms with van der Waals surface area (Å²) in [5, 5.41) is 15.7. The Morgan fingerprint density at radius 2 is 2.37 bits per heavy atom. The van der Waals surface area contributed by atoms with Gasteiger partial charge in [0.2, 0.25) is 0 Å². The highest BCUT2D eigenvalue weighted by Crippen LogP contribution is 2.14. The summed E-state index contributed by atoms with van der Waals surface area (Å²) in [6, 6.07) is 0.324. The molecule has 4 nitrogen and oxygen atoms in total. The van der Waals surface area contributed by atoms with E-state index in [-0.39, 0.29) is 6.61 Å². The van der Waals surface area contributed by atoms with Crippen molar-refractivity contribution in [1.82, 2.24) is 10.6 Å². The van der Waals surface area contributed by atoms with Crippen LogP contribution in [0.3, 0.4) is 0 Å². The first-order valence-corrected chi connectivity index (χ1v) is 7.08. The van der Waals surface area contributed by atoms with Gasteiger partial charge in [0.1, 0.15) is 0 Å². The molecule has 1 rings (SSSR count). The first-order valence-electron chi connectivity index (χ1n) is 7.08. The maximum absolute atomic E-state index is 9.05. The Kier molecular flexibility index (Phi) is 7.30. The van der Waals surface area contributed by atoms with Gasteiger partial charge in [0.15, 0.2) is 0 Å². The molecule has 1 atom stereocenters. The van der Waals surface area contributed by atoms with Gasteiger partial charge in [-0.2, -0.15) is 0 Å². The molecular formula is C15H27N3O. The number of allylic oxidation sites excluding steroid dienone is 2. The van der Waals surface area contributed by atoms with Crippen molar-refractivity contribution in [2.24, 2.45) is 5.73 Å². The van der Waals surface area contributed by atoms with Gasteiger partial charge in [0.05, 0.1) is 0 Å². The van der Waals surface area contributed by atoms with Gasteiger partial charge in [0.25, 0.3) is 0 Å². The minimum atomic E-state index is 0.218. The van der Waals surface area contributed by atoms with Gasteiger partial charge in [-0.05, 0) is 42.7 Å². The van der Waals surface area contributed by atoms with Crippen molar-refractivity contribution < 1.29 is 5.11 Å². The number of hydrogen-bond acceptors (Lipinski definition) is 4. The lowest BCUT2D eigenvalue weighted by atomic mass is 10.0. The highest BCUT2D eigenvalue weighted by Gasteiger charge is 2.09. The Hall–Kier alpha value is -1.26. The Bertz CT molecular complexity index is 352. The number of aliphatic hydroxyl groups excluding tert-OH is 1. The molecule has 0 aromatic carbocycles. The van der Waals surface area contributed by atoms with Crippen LogP contribution in [0.1, 0.15) is 33.1 Å². The molecule has 1 unspecified atom stereocenters. The quantitative estimate of drug-likeness (QED) is 0.535. The molecule has 0 amide bonds. The standard InChI is InChI=1S/C15H27N3O/c1-3-4-15(5-6-19)18-11-14(8-16)13-7-12(2)9-17-10-13/h7,9,11,15,17-19H,3-6,8,10,16H2,1-2H3/b14-11+. The summed E-state index contributed by atoms with van der Waals surface area (Å²) in [7, 11) is 0. The van der Waals surface area contributed by atoms with Crippen molar-refractivity contribution in [2.75, 3.05) is 19.7 Å². The molecule has 0 saturated carbocycles. The highest BCUT2D eigenvalue weighted by molar-refractivity contribution is 5.40. The van der Waals surface area contributed by atoms with E-state index in [0.29, 0.717) is 12.6 Å². The number of dihydropyridines is 1. The monoisotopic (exact) mass is 265 g/mol. The summed E-state index contributed by atoms with van der Waals surface area (Å²) in [4.78, 5) is 0. The summed E-state index contributed by atoms with van der Waals surface area (Å²) in [6.45, 7) is 5.78. The molecule has 1 aliphatic heterocycles. The molecule has 1 heterocycles. The summed E-state index contributed by atoms with van der Waals surface area (Å²) in [5.41, 5.74) is 9.40. The van der Waals surface area contributed by atoms with Crippen LogP contribution in [0, 0.1) is 0 Å². The SMILES string of the molecule is CCCC(CCO)N/C=C(\CN)C1=CC(C)=CNC1. The minimum Gasteiger partial charge on any atom is -0.396 e. The van der Waals surface area contributed by atoms with Crippen LogP contribution in [0.4, 0.5) is 0 Å². The molecule has 0 fully saturated rings. The van der Waals surface area contributed by atoms with Gasteiger partial charge >= 0.3 is 0 Å². The smallest absolute Gasteiger partial charge is 0.0450 e. The van der Waals surface area contributed by atoms with Crippen LogP contribution in [0.5, 0.6) is 0 Å². The van der Waals surface area contributed by atoms with Gasteiger partial charge in [-0.3, -0.25) is 0 Å². The van der Waals surface area contributed by atoms with Crippen molar-refractivity contribution in [3.8, 4) is 0 Å². The van der Waals surface area contributed by atoms with Crippen LogP contribution in [-0.2, 0) is 0 Å². The predicted molar refractivity (Wildman–Crippen MR) is 80.5 cm³/mol. The van der Waals surface area contributed by atoms with Crippen molar-refractivity contribution in [1.29, 1.82) is 0 Å². The number of rotatable bonds is 8. The van der Waals surface area contributed by atoms with Gasteiger partial charge in [-0.1, -0.05) is 19.4 Å². The molecule has 0 aromatic heterocycles. The van der Waals surface area contributed by atoms with Crippen molar-refractivity contribution >= 4 is 0 Å². The van der Waals surface area contributed by atoms with Gasteiger partial charge in [-0.15, -0.1) is 0 Å². The molecule has 0 aromatic rings. The van der Waals surface area contributed by atoms with Crippen LogP contribution in [-0.4, -0.2) is 30.8 Å². The fourth-order valence-electron chi connectivity index (χ4n) is 2.21. The fourth-order valence-corrected chi connectivity index (χ4v) is 2.21. The minimum absolute atomic E-state index is 0.218.